The van der Waals surface area contributed by atoms with Crippen LogP contribution in [0.15, 0.2) is 23.0 Å². The molecular formula is C28H35N5O8. The number of hydrogen-bond acceptors (Lipinski definition) is 11. The van der Waals surface area contributed by atoms with E-state index in [9.17, 15) is 39.6 Å². The van der Waals surface area contributed by atoms with Gasteiger partial charge in [0.2, 0.25) is 11.7 Å². The van der Waals surface area contributed by atoms with Gasteiger partial charge in [0.05, 0.1) is 23.8 Å². The van der Waals surface area contributed by atoms with Crippen LogP contribution in [0.1, 0.15) is 17.5 Å². The van der Waals surface area contributed by atoms with Gasteiger partial charge in [-0.25, -0.2) is 0 Å². The van der Waals surface area contributed by atoms with Crippen LogP contribution in [0.4, 0.5) is 11.4 Å². The van der Waals surface area contributed by atoms with Crippen molar-refractivity contribution in [1.29, 1.82) is 0 Å². The Morgan fingerprint density at radius 2 is 1.76 bits per heavy atom. The van der Waals surface area contributed by atoms with E-state index in [1.54, 1.807) is 39.2 Å². The first-order valence-electron chi connectivity index (χ1n) is 13.3. The van der Waals surface area contributed by atoms with Gasteiger partial charge >= 0.3 is 0 Å². The van der Waals surface area contributed by atoms with E-state index in [1.165, 1.54) is 9.80 Å². The zero-order valence-corrected chi connectivity index (χ0v) is 23.6. The number of rotatable bonds is 4. The van der Waals surface area contributed by atoms with Gasteiger partial charge in [0.15, 0.2) is 17.1 Å². The summed E-state index contributed by atoms with van der Waals surface area (Å²) < 4.78 is 0. The maximum absolute atomic E-state index is 14.1. The molecule has 6 N–H and O–H groups in total. The molecule has 3 aliphatic carbocycles. The van der Waals surface area contributed by atoms with Crippen molar-refractivity contribution in [3.63, 3.8) is 0 Å². The summed E-state index contributed by atoms with van der Waals surface area (Å²) in [5.74, 6) is -7.38. The first kappa shape index (κ1) is 28.6. The van der Waals surface area contributed by atoms with E-state index in [2.05, 4.69) is 0 Å². The lowest BCUT2D eigenvalue weighted by Crippen LogP contribution is -2.65. The number of carbonyl (C=O) groups is 4. The summed E-state index contributed by atoms with van der Waals surface area (Å²) >= 11 is 0. The molecule has 2 fully saturated rings. The second-order valence-electron chi connectivity index (χ2n) is 11.8. The Balaban J connectivity index is 1.73. The number of aliphatic hydroxyl groups excluding tert-OH is 2. The molecule has 1 aromatic rings. The fraction of sp³-hybridized carbons (Fsp3) is 0.500. The number of phenolic OH excluding ortho intramolecular Hbond substituents is 1. The van der Waals surface area contributed by atoms with Crippen LogP contribution in [0.5, 0.6) is 5.75 Å². The van der Waals surface area contributed by atoms with Gasteiger partial charge in [-0.1, -0.05) is 0 Å². The van der Waals surface area contributed by atoms with Gasteiger partial charge in [-0.15, -0.1) is 0 Å². The van der Waals surface area contributed by atoms with Crippen molar-refractivity contribution in [3.8, 4) is 5.75 Å². The second-order valence-corrected chi connectivity index (χ2v) is 11.8. The van der Waals surface area contributed by atoms with Crippen LogP contribution < -0.4 is 15.5 Å². The lowest BCUT2D eigenvalue weighted by atomic mass is 9.57. The Labute approximate surface area is 236 Å². The fourth-order valence-electron chi connectivity index (χ4n) is 6.93. The summed E-state index contributed by atoms with van der Waals surface area (Å²) in [5, 5.41) is 45.9. The monoisotopic (exact) mass is 569 g/mol. The number of fused-ring (bicyclic) bond motifs is 3. The Morgan fingerprint density at radius 1 is 1.10 bits per heavy atom. The zero-order chi connectivity index (χ0) is 30.3. The predicted molar refractivity (Wildman–Crippen MR) is 148 cm³/mol. The summed E-state index contributed by atoms with van der Waals surface area (Å²) in [6, 6.07) is 0.525. The normalized spacial score (nSPS) is 28.6. The average Bonchev–Trinajstić information content (AvgIpc) is 2.86. The molecule has 0 bridgehead atoms. The van der Waals surface area contributed by atoms with Crippen molar-refractivity contribution in [2.24, 2.45) is 17.6 Å². The summed E-state index contributed by atoms with van der Waals surface area (Å²) in [6.45, 7) is 0.986. The first-order chi connectivity index (χ1) is 19.1. The molecule has 220 valence electrons. The number of aliphatic hydroxyl groups is 3. The van der Waals surface area contributed by atoms with Crippen molar-refractivity contribution in [1.82, 2.24) is 9.80 Å². The quantitative estimate of drug-likeness (QED) is 0.289. The minimum Gasteiger partial charge on any atom is -0.508 e. The van der Waals surface area contributed by atoms with Crippen LogP contribution in [-0.4, -0.2) is 120 Å². The highest BCUT2D eigenvalue weighted by molar-refractivity contribution is 6.24. The number of primary amides is 1. The number of nitrogens with zero attached hydrogens (tertiary/aromatic N) is 4. The number of amides is 2. The van der Waals surface area contributed by atoms with Crippen LogP contribution in [0, 0.1) is 11.8 Å². The predicted octanol–water partition coefficient (Wildman–Crippen LogP) is -0.692. The molecule has 4 aliphatic rings. The van der Waals surface area contributed by atoms with Crippen LogP contribution in [0.25, 0.3) is 5.76 Å². The summed E-state index contributed by atoms with van der Waals surface area (Å²) in [6.07, 6.45) is 0.157. The third-order valence-corrected chi connectivity index (χ3v) is 8.86. The number of ketones is 2. The van der Waals surface area contributed by atoms with E-state index in [-0.39, 0.29) is 42.1 Å². The number of phenols is 1. The van der Waals surface area contributed by atoms with E-state index in [0.717, 1.165) is 0 Å². The lowest BCUT2D eigenvalue weighted by Gasteiger charge is -2.50. The Morgan fingerprint density at radius 3 is 2.32 bits per heavy atom. The lowest BCUT2D eigenvalue weighted by molar-refractivity contribution is -0.153. The maximum atomic E-state index is 14.1. The number of aromatic hydroxyl groups is 1. The number of anilines is 2. The minimum atomic E-state index is -2.71. The molecule has 1 saturated heterocycles. The number of hydrogen-bond donors (Lipinski definition) is 5. The van der Waals surface area contributed by atoms with Gasteiger partial charge in [0, 0.05) is 44.4 Å². The highest BCUT2D eigenvalue weighted by Gasteiger charge is 2.64. The standard InChI is InChI=1S/C28H35N5O8/c1-30(2)15-10-16(33-7-6-32(5)11-17(33)34)22(35)19-13(15)8-12-9-14-21(31(3)4)24(37)20(27(29)40)26(39)28(14,41)25(38)18(12)23(19)36/h10,12,14,21,35-36,39,41H,6-9,11H2,1-5H3,(H2,29,40)/t12?,14?,21-,28-/m0/s1. The molecule has 13 heteroatoms. The van der Waals surface area contributed by atoms with E-state index in [0.29, 0.717) is 24.3 Å². The van der Waals surface area contributed by atoms with Crippen LogP contribution >= 0.6 is 0 Å². The van der Waals surface area contributed by atoms with Crippen molar-refractivity contribution in [3.05, 3.63) is 34.1 Å². The minimum absolute atomic E-state index is 0.00190. The van der Waals surface area contributed by atoms with E-state index >= 15 is 0 Å². The SMILES string of the molecule is CN1CCN(c2cc(N(C)C)c3c(c2O)C(O)=C2C(=O)[C@]4(O)C(O)=C(C(N)=O)C(=O)[C@@H](N(C)C)C4CC2C3)C(=O)C1. The highest BCUT2D eigenvalue weighted by atomic mass is 16.3. The van der Waals surface area contributed by atoms with Crippen molar-refractivity contribution >= 4 is 40.5 Å². The molecule has 5 rings (SSSR count). The molecule has 0 spiro atoms. The number of Topliss-reactive ketones (excluding diaryl/α,β-unsaturated/α-hetero) is 2. The van der Waals surface area contributed by atoms with Gasteiger partial charge in [-0.3, -0.25) is 29.0 Å². The summed E-state index contributed by atoms with van der Waals surface area (Å²) in [4.78, 5) is 58.9. The molecule has 1 aliphatic heterocycles. The van der Waals surface area contributed by atoms with Gasteiger partial charge in [0.1, 0.15) is 17.1 Å². The van der Waals surface area contributed by atoms with Crippen LogP contribution in [0.3, 0.4) is 0 Å². The fourth-order valence-corrected chi connectivity index (χ4v) is 6.93. The third kappa shape index (κ3) is 3.94. The average molecular weight is 570 g/mol. The molecule has 0 radical (unpaired) electrons. The smallest absolute Gasteiger partial charge is 0.255 e. The number of piperazine rings is 1. The van der Waals surface area contributed by atoms with E-state index in [1.807, 2.05) is 11.9 Å². The number of carbonyl (C=O) groups excluding carboxylic acids is 4. The van der Waals surface area contributed by atoms with Gasteiger partial charge in [0.25, 0.3) is 5.91 Å². The summed E-state index contributed by atoms with van der Waals surface area (Å²) in [5.41, 5.74) is 2.84. The molecule has 4 atom stereocenters. The van der Waals surface area contributed by atoms with Crippen LogP contribution in [0.2, 0.25) is 0 Å². The molecule has 1 heterocycles. The largest absolute Gasteiger partial charge is 0.508 e. The molecular weight excluding hydrogens is 534 g/mol. The van der Waals surface area contributed by atoms with Gasteiger partial charge in [-0.2, -0.15) is 0 Å². The first-order valence-corrected chi connectivity index (χ1v) is 13.3. The Bertz CT molecular complexity index is 1460. The van der Waals surface area contributed by atoms with Gasteiger partial charge in [-0.05, 0) is 51.5 Å². The second kappa shape index (κ2) is 9.57. The topological polar surface area (TPSA) is 188 Å². The number of nitrogens with two attached hydrogens (primary N) is 1. The zero-order valence-electron chi connectivity index (χ0n) is 23.6. The molecule has 1 saturated carbocycles. The van der Waals surface area contributed by atoms with E-state index < -0.39 is 63.8 Å². The van der Waals surface area contributed by atoms with Crippen molar-refractivity contribution in [2.45, 2.75) is 24.5 Å². The maximum Gasteiger partial charge on any atom is 0.255 e. The molecule has 1 aromatic carbocycles. The Kier molecular flexibility index (Phi) is 6.67. The van der Waals surface area contributed by atoms with Crippen molar-refractivity contribution < 1.29 is 39.6 Å². The molecule has 13 nitrogen and oxygen atoms in total. The molecule has 0 aromatic heterocycles. The Hall–Kier alpha value is -3.94. The highest BCUT2D eigenvalue weighted by Crippen LogP contribution is 2.55. The van der Waals surface area contributed by atoms with E-state index in [4.69, 9.17) is 5.73 Å². The summed E-state index contributed by atoms with van der Waals surface area (Å²) in [7, 11) is 8.47. The van der Waals surface area contributed by atoms with Crippen molar-refractivity contribution in [2.75, 3.05) is 64.7 Å². The third-order valence-electron chi connectivity index (χ3n) is 8.86. The van der Waals surface area contributed by atoms with Crippen LogP contribution in [-0.2, 0) is 25.6 Å². The molecule has 2 unspecified atom stereocenters. The number of benzene rings is 1. The van der Waals surface area contributed by atoms with Gasteiger partial charge < -0.3 is 36.0 Å². The molecule has 41 heavy (non-hydrogen) atoms. The number of likely N-dealkylation sites (N-methyl/N-ethyl adjacent to an activating group) is 2. The molecule has 2 amide bonds.